The SMILES string of the molecule is CCS(=O)(=O)N1CCC(C(=O)Nc2ccc(Oc3ccc(Br)cc3)cc2)CC1. The molecule has 2 aromatic carbocycles. The quantitative estimate of drug-likeness (QED) is 0.690. The zero-order chi connectivity index (χ0) is 20.1. The van der Waals surface area contributed by atoms with E-state index >= 15 is 0 Å². The minimum Gasteiger partial charge on any atom is -0.457 e. The number of benzene rings is 2. The summed E-state index contributed by atoms with van der Waals surface area (Å²) in [5.74, 6) is 1.25. The van der Waals surface area contributed by atoms with E-state index in [1.165, 1.54) is 4.31 Å². The van der Waals surface area contributed by atoms with E-state index in [1.54, 1.807) is 31.2 Å². The van der Waals surface area contributed by atoms with Crippen LogP contribution in [0, 0.1) is 5.92 Å². The van der Waals surface area contributed by atoms with Gasteiger partial charge in [-0.15, -0.1) is 0 Å². The van der Waals surface area contributed by atoms with E-state index in [1.807, 2.05) is 24.3 Å². The number of amides is 1. The van der Waals surface area contributed by atoms with Gasteiger partial charge >= 0.3 is 0 Å². The van der Waals surface area contributed by atoms with E-state index < -0.39 is 10.0 Å². The standard InChI is InChI=1S/C20H23BrN2O4S/c1-2-28(25,26)23-13-11-15(12-14-23)20(24)22-17-5-9-19(10-6-17)27-18-7-3-16(21)4-8-18/h3-10,15H,2,11-14H2,1H3,(H,22,24). The van der Waals surface area contributed by atoms with E-state index in [4.69, 9.17) is 4.74 Å². The highest BCUT2D eigenvalue weighted by atomic mass is 79.9. The molecular weight excluding hydrogens is 444 g/mol. The fourth-order valence-electron chi connectivity index (χ4n) is 3.07. The maximum absolute atomic E-state index is 12.5. The second-order valence-electron chi connectivity index (χ2n) is 6.64. The Labute approximate surface area is 174 Å². The Balaban J connectivity index is 1.53. The Bertz CT molecular complexity index is 906. The van der Waals surface area contributed by atoms with Gasteiger partial charge < -0.3 is 10.1 Å². The van der Waals surface area contributed by atoms with Gasteiger partial charge in [0.15, 0.2) is 0 Å². The zero-order valence-corrected chi connectivity index (χ0v) is 18.0. The number of halogens is 1. The van der Waals surface area contributed by atoms with Gasteiger partial charge in [0.2, 0.25) is 15.9 Å². The van der Waals surface area contributed by atoms with Crippen LogP contribution in [-0.2, 0) is 14.8 Å². The number of carbonyl (C=O) groups is 1. The maximum Gasteiger partial charge on any atom is 0.227 e. The van der Waals surface area contributed by atoms with Gasteiger partial charge in [-0.2, -0.15) is 0 Å². The van der Waals surface area contributed by atoms with Gasteiger partial charge in [0.05, 0.1) is 5.75 Å². The van der Waals surface area contributed by atoms with Gasteiger partial charge in [0, 0.05) is 29.2 Å². The molecule has 6 nitrogen and oxygen atoms in total. The Morgan fingerprint density at radius 2 is 1.61 bits per heavy atom. The zero-order valence-electron chi connectivity index (χ0n) is 15.6. The lowest BCUT2D eigenvalue weighted by Gasteiger charge is -2.30. The van der Waals surface area contributed by atoms with Crippen molar-refractivity contribution in [2.75, 3.05) is 24.2 Å². The molecule has 28 heavy (non-hydrogen) atoms. The van der Waals surface area contributed by atoms with Crippen molar-refractivity contribution in [1.82, 2.24) is 4.31 Å². The fraction of sp³-hybridized carbons (Fsp3) is 0.350. The molecule has 0 bridgehead atoms. The number of sulfonamides is 1. The first-order chi connectivity index (χ1) is 13.4. The third kappa shape index (κ3) is 5.33. The van der Waals surface area contributed by atoms with Crippen LogP contribution in [0.15, 0.2) is 53.0 Å². The molecule has 3 rings (SSSR count). The van der Waals surface area contributed by atoms with Crippen LogP contribution in [0.3, 0.4) is 0 Å². The lowest BCUT2D eigenvalue weighted by atomic mass is 9.97. The molecule has 1 aliphatic rings. The molecule has 0 aliphatic carbocycles. The number of piperidine rings is 1. The topological polar surface area (TPSA) is 75.7 Å². The smallest absolute Gasteiger partial charge is 0.227 e. The Morgan fingerprint density at radius 3 is 2.14 bits per heavy atom. The minimum atomic E-state index is -3.18. The van der Waals surface area contributed by atoms with E-state index in [9.17, 15) is 13.2 Å². The maximum atomic E-state index is 12.5. The minimum absolute atomic E-state index is 0.0740. The predicted molar refractivity (Wildman–Crippen MR) is 113 cm³/mol. The third-order valence-electron chi connectivity index (χ3n) is 4.75. The highest BCUT2D eigenvalue weighted by molar-refractivity contribution is 9.10. The van der Waals surface area contributed by atoms with E-state index in [0.29, 0.717) is 37.4 Å². The molecule has 1 fully saturated rings. The molecule has 1 saturated heterocycles. The van der Waals surface area contributed by atoms with Crippen LogP contribution in [-0.4, -0.2) is 37.5 Å². The second-order valence-corrected chi connectivity index (χ2v) is 9.82. The first-order valence-electron chi connectivity index (χ1n) is 9.19. The number of nitrogens with one attached hydrogen (secondary N) is 1. The number of rotatable bonds is 6. The Hall–Kier alpha value is -1.90. The van der Waals surface area contributed by atoms with Gasteiger partial charge in [0.25, 0.3) is 0 Å². The van der Waals surface area contributed by atoms with Crippen LogP contribution in [0.2, 0.25) is 0 Å². The van der Waals surface area contributed by atoms with Crippen molar-refractivity contribution in [2.45, 2.75) is 19.8 Å². The van der Waals surface area contributed by atoms with Crippen molar-refractivity contribution < 1.29 is 17.9 Å². The highest BCUT2D eigenvalue weighted by Crippen LogP contribution is 2.26. The summed E-state index contributed by atoms with van der Waals surface area (Å²) in [5.41, 5.74) is 0.691. The third-order valence-corrected chi connectivity index (χ3v) is 7.16. The number of hydrogen-bond acceptors (Lipinski definition) is 4. The number of nitrogens with zero attached hydrogens (tertiary/aromatic N) is 1. The number of ether oxygens (including phenoxy) is 1. The molecule has 150 valence electrons. The molecule has 8 heteroatoms. The van der Waals surface area contributed by atoms with Gasteiger partial charge in [-0.05, 0) is 68.3 Å². The van der Waals surface area contributed by atoms with E-state index in [2.05, 4.69) is 21.2 Å². The van der Waals surface area contributed by atoms with Crippen molar-refractivity contribution >= 4 is 37.5 Å². The Morgan fingerprint density at radius 1 is 1.07 bits per heavy atom. The van der Waals surface area contributed by atoms with Crippen LogP contribution in [0.25, 0.3) is 0 Å². The van der Waals surface area contributed by atoms with Crippen molar-refractivity contribution in [3.8, 4) is 11.5 Å². The molecule has 1 heterocycles. The lowest BCUT2D eigenvalue weighted by Crippen LogP contribution is -2.42. The summed E-state index contributed by atoms with van der Waals surface area (Å²) in [4.78, 5) is 12.5. The van der Waals surface area contributed by atoms with Crippen molar-refractivity contribution in [2.24, 2.45) is 5.92 Å². The van der Waals surface area contributed by atoms with Gasteiger partial charge in [-0.25, -0.2) is 12.7 Å². The first-order valence-corrected chi connectivity index (χ1v) is 11.6. The second kappa shape index (κ2) is 9.07. The number of hydrogen-bond donors (Lipinski definition) is 1. The summed E-state index contributed by atoms with van der Waals surface area (Å²) in [6.45, 7) is 2.43. The molecule has 0 saturated carbocycles. The van der Waals surface area contributed by atoms with Crippen LogP contribution in [0.4, 0.5) is 5.69 Å². The molecule has 0 unspecified atom stereocenters. The molecule has 2 aromatic rings. The summed E-state index contributed by atoms with van der Waals surface area (Å²) >= 11 is 3.38. The lowest BCUT2D eigenvalue weighted by molar-refractivity contribution is -0.120. The van der Waals surface area contributed by atoms with Gasteiger partial charge in [-0.3, -0.25) is 4.79 Å². The van der Waals surface area contributed by atoms with Crippen molar-refractivity contribution in [3.05, 3.63) is 53.0 Å². The molecule has 1 aliphatic heterocycles. The summed E-state index contributed by atoms with van der Waals surface area (Å²) in [7, 11) is -3.18. The molecule has 0 aromatic heterocycles. The molecular formula is C20H23BrN2O4S. The summed E-state index contributed by atoms with van der Waals surface area (Å²) in [5, 5.41) is 2.91. The number of anilines is 1. The first kappa shape index (κ1) is 20.8. The van der Waals surface area contributed by atoms with E-state index in [-0.39, 0.29) is 17.6 Å². The molecule has 1 amide bonds. The van der Waals surface area contributed by atoms with Crippen molar-refractivity contribution in [3.63, 3.8) is 0 Å². The molecule has 0 spiro atoms. The summed E-state index contributed by atoms with van der Waals surface area (Å²) in [6, 6.07) is 14.7. The largest absolute Gasteiger partial charge is 0.457 e. The normalized spacial score (nSPS) is 15.9. The fourth-order valence-corrected chi connectivity index (χ4v) is 4.46. The summed E-state index contributed by atoms with van der Waals surface area (Å²) < 4.78 is 32.1. The van der Waals surface area contributed by atoms with Crippen molar-refractivity contribution in [1.29, 1.82) is 0 Å². The summed E-state index contributed by atoms with van der Waals surface area (Å²) in [6.07, 6.45) is 1.08. The molecule has 1 N–H and O–H groups in total. The average Bonchev–Trinajstić information content (AvgIpc) is 2.71. The highest BCUT2D eigenvalue weighted by Gasteiger charge is 2.30. The van der Waals surface area contributed by atoms with Gasteiger partial charge in [0.1, 0.15) is 11.5 Å². The van der Waals surface area contributed by atoms with Crippen LogP contribution in [0.1, 0.15) is 19.8 Å². The Kier molecular flexibility index (Phi) is 6.74. The van der Waals surface area contributed by atoms with Crippen LogP contribution in [0.5, 0.6) is 11.5 Å². The van der Waals surface area contributed by atoms with Crippen LogP contribution < -0.4 is 10.1 Å². The predicted octanol–water partition coefficient (Wildman–Crippen LogP) is 4.24. The molecule has 0 atom stereocenters. The molecule has 0 radical (unpaired) electrons. The van der Waals surface area contributed by atoms with Gasteiger partial charge in [-0.1, -0.05) is 15.9 Å². The monoisotopic (exact) mass is 466 g/mol. The average molecular weight is 467 g/mol. The van der Waals surface area contributed by atoms with E-state index in [0.717, 1.165) is 10.2 Å². The number of carbonyl (C=O) groups excluding carboxylic acids is 1. The van der Waals surface area contributed by atoms with Crippen LogP contribution >= 0.6 is 15.9 Å².